The molecule has 0 saturated heterocycles. The Morgan fingerprint density at radius 3 is 3.20 bits per heavy atom. The smallest absolute Gasteiger partial charge is 0.337 e. The molecule has 1 aliphatic rings. The monoisotopic (exact) mass is 224 g/mol. The maximum Gasteiger partial charge on any atom is 0.337 e. The van der Waals surface area contributed by atoms with Crippen LogP contribution >= 0.6 is 11.8 Å². The summed E-state index contributed by atoms with van der Waals surface area (Å²) in [6.45, 7) is 0. The quantitative estimate of drug-likeness (QED) is 0.747. The van der Waals surface area contributed by atoms with Gasteiger partial charge in [-0.1, -0.05) is 0 Å². The SMILES string of the molecule is COc1nc2[nH]c(=O)c3c(n2n1)CSC3. The molecule has 3 heterocycles. The Morgan fingerprint density at radius 2 is 2.40 bits per heavy atom. The van der Waals surface area contributed by atoms with E-state index in [4.69, 9.17) is 4.74 Å². The van der Waals surface area contributed by atoms with Gasteiger partial charge < -0.3 is 4.74 Å². The molecule has 2 aromatic rings. The number of nitrogens with zero attached hydrogens (tertiary/aromatic N) is 3. The molecule has 0 radical (unpaired) electrons. The highest BCUT2D eigenvalue weighted by molar-refractivity contribution is 7.98. The lowest BCUT2D eigenvalue weighted by Gasteiger charge is -1.98. The molecule has 0 aliphatic carbocycles. The minimum Gasteiger partial charge on any atom is -0.466 e. The van der Waals surface area contributed by atoms with Crippen molar-refractivity contribution in [3.05, 3.63) is 21.6 Å². The van der Waals surface area contributed by atoms with Gasteiger partial charge in [-0.05, 0) is 0 Å². The molecule has 6 nitrogen and oxygen atoms in total. The van der Waals surface area contributed by atoms with Gasteiger partial charge in [0.2, 0.25) is 5.78 Å². The van der Waals surface area contributed by atoms with E-state index in [0.29, 0.717) is 5.78 Å². The van der Waals surface area contributed by atoms with E-state index in [1.807, 2.05) is 0 Å². The Morgan fingerprint density at radius 1 is 1.53 bits per heavy atom. The number of H-pyrrole nitrogens is 1. The van der Waals surface area contributed by atoms with Crippen LogP contribution in [-0.4, -0.2) is 26.7 Å². The number of hydrogen-bond donors (Lipinski definition) is 1. The highest BCUT2D eigenvalue weighted by Crippen LogP contribution is 2.26. The zero-order valence-electron chi connectivity index (χ0n) is 7.98. The molecule has 0 atom stereocenters. The number of hydrogen-bond acceptors (Lipinski definition) is 5. The normalized spacial score (nSPS) is 14.5. The Balaban J connectivity index is 2.40. The van der Waals surface area contributed by atoms with Crippen LogP contribution in [0.3, 0.4) is 0 Å². The molecule has 78 valence electrons. The number of nitrogens with one attached hydrogen (secondary N) is 1. The van der Waals surface area contributed by atoms with Gasteiger partial charge in [-0.3, -0.25) is 9.78 Å². The second kappa shape index (κ2) is 2.99. The summed E-state index contributed by atoms with van der Waals surface area (Å²) in [6, 6.07) is 0.274. The molecule has 7 heteroatoms. The fraction of sp³-hybridized carbons (Fsp3) is 0.375. The Labute approximate surface area is 88.7 Å². The first-order valence-corrected chi connectivity index (χ1v) is 5.57. The molecule has 1 N–H and O–H groups in total. The average Bonchev–Trinajstić information content (AvgIpc) is 2.80. The summed E-state index contributed by atoms with van der Waals surface area (Å²) in [6.07, 6.45) is 0. The highest BCUT2D eigenvalue weighted by Gasteiger charge is 2.20. The van der Waals surface area contributed by atoms with E-state index in [0.717, 1.165) is 22.8 Å². The number of rotatable bonds is 1. The zero-order chi connectivity index (χ0) is 10.4. The summed E-state index contributed by atoms with van der Waals surface area (Å²) < 4.78 is 6.58. The van der Waals surface area contributed by atoms with Crippen molar-refractivity contribution in [3.8, 4) is 6.01 Å². The van der Waals surface area contributed by atoms with Crippen LogP contribution in [0.1, 0.15) is 11.3 Å². The molecule has 0 spiro atoms. The van der Waals surface area contributed by atoms with E-state index in [1.165, 1.54) is 7.11 Å². The Bertz CT molecular complexity index is 588. The summed E-state index contributed by atoms with van der Waals surface area (Å²) in [7, 11) is 1.50. The first kappa shape index (κ1) is 8.78. The predicted molar refractivity (Wildman–Crippen MR) is 55.2 cm³/mol. The molecule has 0 bridgehead atoms. The van der Waals surface area contributed by atoms with E-state index >= 15 is 0 Å². The first-order valence-electron chi connectivity index (χ1n) is 4.42. The number of fused-ring (bicyclic) bond motifs is 3. The van der Waals surface area contributed by atoms with Crippen LogP contribution in [0, 0.1) is 0 Å². The third-order valence-corrected chi connectivity index (χ3v) is 3.33. The largest absolute Gasteiger partial charge is 0.466 e. The molecule has 3 rings (SSSR count). The molecule has 0 amide bonds. The molecule has 1 aliphatic heterocycles. The van der Waals surface area contributed by atoms with Crippen molar-refractivity contribution in [3.63, 3.8) is 0 Å². The van der Waals surface area contributed by atoms with Gasteiger partial charge in [-0.25, -0.2) is 0 Å². The van der Waals surface area contributed by atoms with E-state index in [2.05, 4.69) is 15.1 Å². The minimum atomic E-state index is -0.0717. The van der Waals surface area contributed by atoms with Crippen LogP contribution in [0.4, 0.5) is 0 Å². The second-order valence-corrected chi connectivity index (χ2v) is 4.19. The van der Waals surface area contributed by atoms with Gasteiger partial charge in [0.05, 0.1) is 12.8 Å². The highest BCUT2D eigenvalue weighted by atomic mass is 32.2. The standard InChI is InChI=1S/C8H8N4O2S/c1-14-8-10-7-9-6(13)4-2-15-3-5(4)12(7)11-8/h2-3H2,1H3,(H,9,10,11,13). The van der Waals surface area contributed by atoms with Gasteiger partial charge in [0, 0.05) is 17.1 Å². The summed E-state index contributed by atoms with van der Waals surface area (Å²) in [4.78, 5) is 18.4. The molecule has 15 heavy (non-hydrogen) atoms. The third-order valence-electron chi connectivity index (χ3n) is 2.36. The molecule has 0 fully saturated rings. The fourth-order valence-electron chi connectivity index (χ4n) is 1.63. The van der Waals surface area contributed by atoms with Crippen LogP contribution in [0.5, 0.6) is 6.01 Å². The lowest BCUT2D eigenvalue weighted by Crippen LogP contribution is -2.16. The number of thioether (sulfide) groups is 1. The molecule has 0 saturated carbocycles. The van der Waals surface area contributed by atoms with Gasteiger partial charge in [0.15, 0.2) is 0 Å². The van der Waals surface area contributed by atoms with Crippen LogP contribution < -0.4 is 10.3 Å². The van der Waals surface area contributed by atoms with Crippen LogP contribution in [-0.2, 0) is 11.5 Å². The van der Waals surface area contributed by atoms with Crippen molar-refractivity contribution < 1.29 is 4.74 Å². The Hall–Kier alpha value is -1.50. The zero-order valence-corrected chi connectivity index (χ0v) is 8.80. The van der Waals surface area contributed by atoms with Crippen molar-refractivity contribution in [1.82, 2.24) is 19.6 Å². The van der Waals surface area contributed by atoms with Crippen molar-refractivity contribution in [2.24, 2.45) is 0 Å². The van der Waals surface area contributed by atoms with Crippen molar-refractivity contribution in [1.29, 1.82) is 0 Å². The van der Waals surface area contributed by atoms with Crippen molar-refractivity contribution >= 4 is 17.5 Å². The maximum absolute atomic E-state index is 11.6. The molecular weight excluding hydrogens is 216 g/mol. The van der Waals surface area contributed by atoms with E-state index < -0.39 is 0 Å². The molecule has 2 aromatic heterocycles. The summed E-state index contributed by atoms with van der Waals surface area (Å²) in [5.41, 5.74) is 1.65. The summed E-state index contributed by atoms with van der Waals surface area (Å²) in [5, 5.41) is 4.14. The topological polar surface area (TPSA) is 72.3 Å². The minimum absolute atomic E-state index is 0.0717. The number of methoxy groups -OCH3 is 1. The van der Waals surface area contributed by atoms with Gasteiger partial charge in [0.25, 0.3) is 5.56 Å². The van der Waals surface area contributed by atoms with E-state index in [1.54, 1.807) is 16.3 Å². The fourth-order valence-corrected chi connectivity index (χ4v) is 2.73. The second-order valence-electron chi connectivity index (χ2n) is 3.21. The van der Waals surface area contributed by atoms with E-state index in [9.17, 15) is 4.79 Å². The van der Waals surface area contributed by atoms with Gasteiger partial charge in [-0.2, -0.15) is 21.3 Å². The maximum atomic E-state index is 11.6. The van der Waals surface area contributed by atoms with Gasteiger partial charge in [0.1, 0.15) is 0 Å². The average molecular weight is 224 g/mol. The van der Waals surface area contributed by atoms with Crippen LogP contribution in [0.2, 0.25) is 0 Å². The van der Waals surface area contributed by atoms with Crippen molar-refractivity contribution in [2.75, 3.05) is 7.11 Å². The Kier molecular flexibility index (Phi) is 1.75. The van der Waals surface area contributed by atoms with Crippen LogP contribution in [0.15, 0.2) is 4.79 Å². The number of aromatic nitrogens is 4. The molecule has 0 unspecified atom stereocenters. The van der Waals surface area contributed by atoms with Gasteiger partial charge in [-0.15, -0.1) is 5.10 Å². The first-order chi connectivity index (χ1) is 7.29. The summed E-state index contributed by atoms with van der Waals surface area (Å²) in [5.74, 6) is 1.98. The summed E-state index contributed by atoms with van der Waals surface area (Å²) >= 11 is 1.70. The van der Waals surface area contributed by atoms with Crippen molar-refractivity contribution in [2.45, 2.75) is 11.5 Å². The van der Waals surface area contributed by atoms with Gasteiger partial charge >= 0.3 is 6.01 Å². The number of aromatic amines is 1. The lowest BCUT2D eigenvalue weighted by molar-refractivity contribution is 0.380. The number of ether oxygens (including phenoxy) is 1. The van der Waals surface area contributed by atoms with Crippen LogP contribution in [0.25, 0.3) is 5.78 Å². The predicted octanol–water partition coefficient (Wildman–Crippen LogP) is 0.173. The van der Waals surface area contributed by atoms with E-state index in [-0.39, 0.29) is 11.6 Å². The molecular formula is C8H8N4O2S. The lowest BCUT2D eigenvalue weighted by atomic mass is 10.3. The molecule has 0 aromatic carbocycles. The third kappa shape index (κ3) is 1.16.